The Morgan fingerprint density at radius 2 is 2.00 bits per heavy atom. The predicted octanol–water partition coefficient (Wildman–Crippen LogP) is 2.77. The number of allylic oxidation sites excluding steroid dienone is 3. The number of rotatable bonds is 0. The van der Waals surface area contributed by atoms with Gasteiger partial charge in [0.1, 0.15) is 0 Å². The van der Waals surface area contributed by atoms with Gasteiger partial charge in [-0.1, -0.05) is 43.6 Å². The topological polar surface area (TPSA) is 21.3 Å². The van der Waals surface area contributed by atoms with Crippen molar-refractivity contribution < 1.29 is 4.74 Å². The monoisotopic (exact) mass is 207 g/mol. The second-order valence-corrected chi connectivity index (χ2v) is 4.38. The third kappa shape index (κ3) is 3.47. The molecular formula is C13H21NO. The van der Waals surface area contributed by atoms with E-state index in [0.717, 1.165) is 0 Å². The molecule has 0 aromatic carbocycles. The molecule has 0 aromatic heterocycles. The van der Waals surface area contributed by atoms with Crippen molar-refractivity contribution in [2.24, 2.45) is 0 Å². The molecule has 2 rings (SSSR count). The molecule has 15 heavy (non-hydrogen) atoms. The zero-order chi connectivity index (χ0) is 10.3. The number of hydrogen-bond acceptors (Lipinski definition) is 2. The molecule has 2 aliphatic rings. The Morgan fingerprint density at radius 1 is 1.07 bits per heavy atom. The first kappa shape index (κ1) is 10.9. The van der Waals surface area contributed by atoms with Crippen LogP contribution in [0.4, 0.5) is 0 Å². The largest absolute Gasteiger partial charge is 0.361 e. The Hall–Kier alpha value is -0.600. The SMILES string of the molecule is C1=C\CCCCCCC2OCNC2/C=C/1. The maximum atomic E-state index is 5.67. The zero-order valence-electron chi connectivity index (χ0n) is 9.32. The van der Waals surface area contributed by atoms with Gasteiger partial charge in [-0.3, -0.25) is 5.32 Å². The molecule has 0 radical (unpaired) electrons. The molecule has 0 amide bonds. The third-order valence-corrected chi connectivity index (χ3v) is 3.19. The summed E-state index contributed by atoms with van der Waals surface area (Å²) in [5.41, 5.74) is 0. The Bertz CT molecular complexity index is 235. The van der Waals surface area contributed by atoms with Crippen molar-refractivity contribution >= 4 is 0 Å². The van der Waals surface area contributed by atoms with Gasteiger partial charge in [-0.05, 0) is 19.3 Å². The minimum Gasteiger partial charge on any atom is -0.361 e. The van der Waals surface area contributed by atoms with Crippen LogP contribution in [-0.4, -0.2) is 18.9 Å². The highest BCUT2D eigenvalue weighted by Crippen LogP contribution is 2.17. The van der Waals surface area contributed by atoms with Crippen LogP contribution < -0.4 is 5.32 Å². The lowest BCUT2D eigenvalue weighted by Gasteiger charge is -2.14. The van der Waals surface area contributed by atoms with E-state index in [-0.39, 0.29) is 0 Å². The second kappa shape index (κ2) is 6.09. The zero-order valence-corrected chi connectivity index (χ0v) is 9.32. The van der Waals surface area contributed by atoms with Gasteiger partial charge in [0, 0.05) is 0 Å². The van der Waals surface area contributed by atoms with Crippen LogP contribution in [0.3, 0.4) is 0 Å². The Balaban J connectivity index is 1.93. The molecule has 1 fully saturated rings. The molecule has 1 saturated heterocycles. The Labute approximate surface area is 92.4 Å². The highest BCUT2D eigenvalue weighted by Gasteiger charge is 2.24. The van der Waals surface area contributed by atoms with Gasteiger partial charge in [0.15, 0.2) is 0 Å². The number of nitrogens with one attached hydrogen (secondary N) is 1. The number of hydrogen-bond donors (Lipinski definition) is 1. The average Bonchev–Trinajstić information content (AvgIpc) is 2.65. The molecular weight excluding hydrogens is 186 g/mol. The fourth-order valence-electron chi connectivity index (χ4n) is 2.26. The first-order chi connectivity index (χ1) is 7.47. The molecule has 2 nitrogen and oxygen atoms in total. The highest BCUT2D eigenvalue weighted by atomic mass is 16.5. The second-order valence-electron chi connectivity index (χ2n) is 4.38. The van der Waals surface area contributed by atoms with Crippen molar-refractivity contribution in [2.45, 2.75) is 50.7 Å². The lowest BCUT2D eigenvalue weighted by atomic mass is 10.0. The molecule has 2 atom stereocenters. The molecule has 2 heteroatoms. The summed E-state index contributed by atoms with van der Waals surface area (Å²) < 4.78 is 5.67. The van der Waals surface area contributed by atoms with Crippen molar-refractivity contribution in [3.8, 4) is 0 Å². The Kier molecular flexibility index (Phi) is 4.42. The molecule has 0 spiro atoms. The minimum absolute atomic E-state index is 0.397. The third-order valence-electron chi connectivity index (χ3n) is 3.19. The molecule has 2 unspecified atom stereocenters. The van der Waals surface area contributed by atoms with Crippen molar-refractivity contribution in [2.75, 3.05) is 6.73 Å². The molecule has 0 saturated carbocycles. The predicted molar refractivity (Wildman–Crippen MR) is 62.6 cm³/mol. The van der Waals surface area contributed by atoms with Crippen LogP contribution in [0.25, 0.3) is 0 Å². The highest BCUT2D eigenvalue weighted by molar-refractivity contribution is 5.09. The van der Waals surface area contributed by atoms with Gasteiger partial charge in [-0.15, -0.1) is 0 Å². The van der Waals surface area contributed by atoms with Crippen LogP contribution in [0, 0.1) is 0 Å². The van der Waals surface area contributed by atoms with Crippen LogP contribution in [0.15, 0.2) is 24.3 Å². The molecule has 1 aliphatic heterocycles. The fourth-order valence-corrected chi connectivity index (χ4v) is 2.26. The maximum Gasteiger partial charge on any atom is 0.0975 e. The van der Waals surface area contributed by atoms with E-state index >= 15 is 0 Å². The summed E-state index contributed by atoms with van der Waals surface area (Å²) in [6, 6.07) is 0.425. The van der Waals surface area contributed by atoms with E-state index < -0.39 is 0 Å². The smallest absolute Gasteiger partial charge is 0.0975 e. The maximum absolute atomic E-state index is 5.67. The van der Waals surface area contributed by atoms with E-state index in [1.807, 2.05) is 0 Å². The van der Waals surface area contributed by atoms with Crippen molar-refractivity contribution in [3.63, 3.8) is 0 Å². The van der Waals surface area contributed by atoms with Crippen molar-refractivity contribution in [3.05, 3.63) is 24.3 Å². The van der Waals surface area contributed by atoms with Gasteiger partial charge >= 0.3 is 0 Å². The van der Waals surface area contributed by atoms with E-state index in [9.17, 15) is 0 Å². The van der Waals surface area contributed by atoms with E-state index in [4.69, 9.17) is 4.74 Å². The van der Waals surface area contributed by atoms with Crippen LogP contribution in [0.5, 0.6) is 0 Å². The summed E-state index contributed by atoms with van der Waals surface area (Å²) >= 11 is 0. The Morgan fingerprint density at radius 3 is 3.00 bits per heavy atom. The molecule has 1 N–H and O–H groups in total. The van der Waals surface area contributed by atoms with E-state index in [0.29, 0.717) is 18.9 Å². The summed E-state index contributed by atoms with van der Waals surface area (Å²) in [5, 5.41) is 3.37. The van der Waals surface area contributed by atoms with Gasteiger partial charge in [0.2, 0.25) is 0 Å². The lowest BCUT2D eigenvalue weighted by Crippen LogP contribution is -2.28. The van der Waals surface area contributed by atoms with E-state index in [2.05, 4.69) is 29.6 Å². The van der Waals surface area contributed by atoms with Crippen LogP contribution in [0.1, 0.15) is 38.5 Å². The van der Waals surface area contributed by atoms with Crippen LogP contribution in [-0.2, 0) is 4.74 Å². The van der Waals surface area contributed by atoms with Crippen molar-refractivity contribution in [1.29, 1.82) is 0 Å². The van der Waals surface area contributed by atoms with E-state index in [1.165, 1.54) is 38.5 Å². The van der Waals surface area contributed by atoms with E-state index in [1.54, 1.807) is 0 Å². The first-order valence-corrected chi connectivity index (χ1v) is 6.15. The first-order valence-electron chi connectivity index (χ1n) is 6.15. The molecule has 1 aliphatic carbocycles. The van der Waals surface area contributed by atoms with Gasteiger partial charge < -0.3 is 4.74 Å². The summed E-state index contributed by atoms with van der Waals surface area (Å²) in [6.07, 6.45) is 17.0. The van der Waals surface area contributed by atoms with Gasteiger partial charge in [-0.25, -0.2) is 0 Å². The van der Waals surface area contributed by atoms with Gasteiger partial charge in [0.25, 0.3) is 0 Å². The molecule has 84 valence electrons. The average molecular weight is 207 g/mol. The normalized spacial score (nSPS) is 37.3. The molecule has 1 heterocycles. The fraction of sp³-hybridized carbons (Fsp3) is 0.692. The molecule has 0 aromatic rings. The summed E-state index contributed by atoms with van der Waals surface area (Å²) in [6.45, 7) is 0.712. The van der Waals surface area contributed by atoms with Gasteiger partial charge in [0.05, 0.1) is 18.9 Å². The van der Waals surface area contributed by atoms with Crippen LogP contribution >= 0.6 is 0 Å². The standard InChI is InChI=1S/C13H21NO/c1-2-4-6-8-10-13-12(14-11-15-13)9-7-5-3-1/h3,5,7,9,12-14H,1-2,4,6,8,10-11H2/b5-3-,9-7+. The minimum atomic E-state index is 0.397. The van der Waals surface area contributed by atoms with Gasteiger partial charge in [-0.2, -0.15) is 0 Å². The number of fused-ring (bicyclic) bond motifs is 1. The number of ether oxygens (including phenoxy) is 1. The molecule has 0 bridgehead atoms. The summed E-state index contributed by atoms with van der Waals surface area (Å²) in [4.78, 5) is 0. The summed E-state index contributed by atoms with van der Waals surface area (Å²) in [5.74, 6) is 0. The lowest BCUT2D eigenvalue weighted by molar-refractivity contribution is 0.0980. The summed E-state index contributed by atoms with van der Waals surface area (Å²) in [7, 11) is 0. The quantitative estimate of drug-likeness (QED) is 0.659. The van der Waals surface area contributed by atoms with Crippen LogP contribution in [0.2, 0.25) is 0 Å². The van der Waals surface area contributed by atoms with Crippen molar-refractivity contribution in [1.82, 2.24) is 5.32 Å².